The largest absolute Gasteiger partial charge is 0.372 e. The minimum atomic E-state index is -1.86. The Morgan fingerprint density at radius 3 is 2.03 bits per heavy atom. The average molecular weight is 521 g/mol. The molecule has 0 atom stereocenters. The fraction of sp³-hybridized carbons (Fsp3) is 0.0400. The minimum absolute atomic E-state index is 0.469. The molecule has 1 aromatic heterocycles. The molecule has 5 nitrogen and oxygen atoms in total. The van der Waals surface area contributed by atoms with E-state index in [1.165, 1.54) is 0 Å². The molecule has 0 radical (unpaired) electrons. The van der Waals surface area contributed by atoms with E-state index in [9.17, 15) is 9.90 Å². The van der Waals surface area contributed by atoms with Crippen molar-refractivity contribution in [2.75, 3.05) is 0 Å². The van der Waals surface area contributed by atoms with Crippen LogP contribution in [0.3, 0.4) is 0 Å². The zero-order valence-corrected chi connectivity index (χ0v) is 18.7. The summed E-state index contributed by atoms with van der Waals surface area (Å²) < 4.78 is 3.11. The Balaban J connectivity index is 1.59. The van der Waals surface area contributed by atoms with Crippen LogP contribution in [0.4, 0.5) is 0 Å². The van der Waals surface area contributed by atoms with Crippen molar-refractivity contribution in [1.29, 1.82) is 0 Å². The molecule has 0 saturated carbocycles. The Kier molecular flexibility index (Phi) is 6.29. The highest BCUT2D eigenvalue weighted by Crippen LogP contribution is 2.29. The maximum atomic E-state index is 13.1. The number of hydrazone groups is 1. The van der Waals surface area contributed by atoms with Crippen LogP contribution in [0.15, 0.2) is 108 Å². The number of carbonyl (C=O) groups is 1. The molecule has 0 fully saturated rings. The van der Waals surface area contributed by atoms with Crippen molar-refractivity contribution in [3.05, 3.63) is 124 Å². The third kappa shape index (κ3) is 4.45. The van der Waals surface area contributed by atoms with E-state index >= 15 is 0 Å². The molecule has 0 aliphatic heterocycles. The van der Waals surface area contributed by atoms with Gasteiger partial charge < -0.3 is 9.67 Å². The summed E-state index contributed by atoms with van der Waals surface area (Å²) in [6, 6.07) is 29.6. The minimum Gasteiger partial charge on any atom is -0.372 e. The molecule has 0 aliphatic carbocycles. The molecule has 1 heterocycles. The van der Waals surface area contributed by atoms with Crippen molar-refractivity contribution in [2.24, 2.45) is 5.10 Å². The first-order valence-corrected chi connectivity index (χ1v) is 10.8. The lowest BCUT2D eigenvalue weighted by molar-refractivity contribution is -0.136. The number of hydrogen-bond acceptors (Lipinski definition) is 3. The topological polar surface area (TPSA) is 66.6 Å². The monoisotopic (exact) mass is 521 g/mol. The van der Waals surface area contributed by atoms with Gasteiger partial charge in [-0.2, -0.15) is 5.10 Å². The van der Waals surface area contributed by atoms with Gasteiger partial charge in [-0.05, 0) is 70.1 Å². The summed E-state index contributed by atoms with van der Waals surface area (Å²) in [5.41, 5.74) is 3.37. The molecule has 2 N–H and O–H groups in total. The van der Waals surface area contributed by atoms with Gasteiger partial charge in [-0.3, -0.25) is 4.79 Å². The molecule has 4 rings (SSSR count). The van der Waals surface area contributed by atoms with Crippen molar-refractivity contribution in [3.8, 4) is 5.69 Å². The van der Waals surface area contributed by atoms with Crippen LogP contribution in [0.5, 0.6) is 0 Å². The van der Waals surface area contributed by atoms with Crippen LogP contribution in [0.2, 0.25) is 0 Å². The summed E-state index contributed by atoms with van der Waals surface area (Å²) in [5, 5.41) is 15.6. The van der Waals surface area contributed by atoms with E-state index in [2.05, 4.69) is 33.1 Å². The van der Waals surface area contributed by atoms with E-state index in [0.717, 1.165) is 15.0 Å². The van der Waals surface area contributed by atoms with Gasteiger partial charge in [-0.25, -0.2) is 5.43 Å². The maximum Gasteiger partial charge on any atom is 0.281 e. The molecule has 6 heteroatoms. The molecule has 0 bridgehead atoms. The molecule has 0 spiro atoms. The van der Waals surface area contributed by atoms with Crippen LogP contribution in [-0.4, -0.2) is 21.8 Å². The predicted octanol–water partition coefficient (Wildman–Crippen LogP) is 4.47. The first-order valence-electron chi connectivity index (χ1n) is 9.69. The van der Waals surface area contributed by atoms with Gasteiger partial charge in [0.05, 0.1) is 11.9 Å². The molecule has 31 heavy (non-hydrogen) atoms. The van der Waals surface area contributed by atoms with Crippen LogP contribution < -0.4 is 5.43 Å². The van der Waals surface area contributed by atoms with E-state index in [1.807, 2.05) is 59.3 Å². The smallest absolute Gasteiger partial charge is 0.281 e. The van der Waals surface area contributed by atoms with Crippen molar-refractivity contribution < 1.29 is 9.90 Å². The zero-order chi connectivity index (χ0) is 21.7. The van der Waals surface area contributed by atoms with Gasteiger partial charge in [0.25, 0.3) is 5.91 Å². The van der Waals surface area contributed by atoms with Gasteiger partial charge >= 0.3 is 0 Å². The standard InChI is InChI=1S/C25H20IN3O2/c26-21-13-15-22(16-14-21)29-17-7-12-23(29)18-27-28-24(30)25(31,19-8-3-1-4-9-19)20-10-5-2-6-11-20/h1-18,31H,(H,28,30)/b27-18+. The van der Waals surface area contributed by atoms with Crippen molar-refractivity contribution in [3.63, 3.8) is 0 Å². The van der Waals surface area contributed by atoms with Crippen molar-refractivity contribution >= 4 is 34.7 Å². The second-order valence-corrected chi connectivity index (χ2v) is 8.17. The maximum absolute atomic E-state index is 13.1. The van der Waals surface area contributed by atoms with Crippen LogP contribution in [-0.2, 0) is 10.4 Å². The highest BCUT2D eigenvalue weighted by molar-refractivity contribution is 14.1. The summed E-state index contributed by atoms with van der Waals surface area (Å²) in [6.45, 7) is 0. The molecule has 0 aliphatic rings. The number of aliphatic hydroxyl groups is 1. The predicted molar refractivity (Wildman–Crippen MR) is 130 cm³/mol. The lowest BCUT2D eigenvalue weighted by Crippen LogP contribution is -2.43. The SMILES string of the molecule is O=C(N/N=C/c1cccn1-c1ccc(I)cc1)C(O)(c1ccccc1)c1ccccc1. The van der Waals surface area contributed by atoms with Gasteiger partial charge in [0.1, 0.15) is 0 Å². The summed E-state index contributed by atoms with van der Waals surface area (Å²) >= 11 is 2.26. The van der Waals surface area contributed by atoms with E-state index in [1.54, 1.807) is 54.7 Å². The van der Waals surface area contributed by atoms with Gasteiger partial charge in [-0.1, -0.05) is 60.7 Å². The van der Waals surface area contributed by atoms with Gasteiger partial charge in [0.2, 0.25) is 0 Å². The van der Waals surface area contributed by atoms with E-state index in [4.69, 9.17) is 0 Å². The first kappa shape index (κ1) is 21.0. The first-order chi connectivity index (χ1) is 15.1. The number of rotatable bonds is 6. The summed E-state index contributed by atoms with van der Waals surface area (Å²) in [5.74, 6) is -0.631. The summed E-state index contributed by atoms with van der Waals surface area (Å²) in [7, 11) is 0. The fourth-order valence-electron chi connectivity index (χ4n) is 3.36. The Morgan fingerprint density at radius 2 is 1.45 bits per heavy atom. The number of carbonyl (C=O) groups excluding carboxylic acids is 1. The number of halogens is 1. The number of aromatic nitrogens is 1. The quantitative estimate of drug-likeness (QED) is 0.224. The molecule has 154 valence electrons. The van der Waals surface area contributed by atoms with E-state index in [0.29, 0.717) is 11.1 Å². The second-order valence-electron chi connectivity index (χ2n) is 6.92. The Morgan fingerprint density at radius 1 is 0.871 bits per heavy atom. The molecular formula is C25H20IN3O2. The highest BCUT2D eigenvalue weighted by Gasteiger charge is 2.39. The number of amides is 1. The molecule has 0 unspecified atom stereocenters. The Bertz CT molecular complexity index is 1150. The third-order valence-electron chi connectivity index (χ3n) is 4.96. The van der Waals surface area contributed by atoms with Gasteiger partial charge in [-0.15, -0.1) is 0 Å². The number of nitrogens with one attached hydrogen (secondary N) is 1. The van der Waals surface area contributed by atoms with Crippen molar-refractivity contribution in [2.45, 2.75) is 5.60 Å². The normalized spacial score (nSPS) is 11.5. The average Bonchev–Trinajstić information content (AvgIpc) is 3.28. The lowest BCUT2D eigenvalue weighted by atomic mass is 9.85. The van der Waals surface area contributed by atoms with Crippen LogP contribution in [0.1, 0.15) is 16.8 Å². The molecule has 1 amide bonds. The lowest BCUT2D eigenvalue weighted by Gasteiger charge is -2.27. The Hall–Kier alpha value is -3.23. The van der Waals surface area contributed by atoms with Gasteiger partial charge in [0, 0.05) is 15.5 Å². The third-order valence-corrected chi connectivity index (χ3v) is 5.68. The van der Waals surface area contributed by atoms with Crippen molar-refractivity contribution in [1.82, 2.24) is 9.99 Å². The number of hydrogen-bond donors (Lipinski definition) is 2. The molecular weight excluding hydrogens is 501 g/mol. The second kappa shape index (κ2) is 9.28. The van der Waals surface area contributed by atoms with E-state index in [-0.39, 0.29) is 0 Å². The fourth-order valence-corrected chi connectivity index (χ4v) is 3.72. The number of nitrogens with zero attached hydrogens (tertiary/aromatic N) is 2. The van der Waals surface area contributed by atoms with Crippen LogP contribution in [0, 0.1) is 3.57 Å². The molecule has 3 aromatic carbocycles. The highest BCUT2D eigenvalue weighted by atomic mass is 127. The van der Waals surface area contributed by atoms with Gasteiger partial charge in [0.15, 0.2) is 5.60 Å². The summed E-state index contributed by atoms with van der Waals surface area (Å²) in [4.78, 5) is 13.1. The van der Waals surface area contributed by atoms with Crippen LogP contribution >= 0.6 is 22.6 Å². The number of benzene rings is 3. The Labute approximate surface area is 194 Å². The molecule has 4 aromatic rings. The summed E-state index contributed by atoms with van der Waals surface area (Å²) in [6.07, 6.45) is 3.49. The van der Waals surface area contributed by atoms with Crippen LogP contribution in [0.25, 0.3) is 5.69 Å². The molecule has 0 saturated heterocycles. The zero-order valence-electron chi connectivity index (χ0n) is 16.5. The van der Waals surface area contributed by atoms with E-state index < -0.39 is 11.5 Å².